The Hall–Kier alpha value is -1.88. The summed E-state index contributed by atoms with van der Waals surface area (Å²) in [7, 11) is -0.320. The van der Waals surface area contributed by atoms with Gasteiger partial charge in [0.15, 0.2) is 0 Å². The average molecular weight is 360 g/mol. The fraction of sp³-hybridized carbons (Fsp3) is 0.273. The molecule has 0 radical (unpaired) electrons. The number of thiophene rings is 1. The van der Waals surface area contributed by atoms with Crippen molar-refractivity contribution in [3.8, 4) is 0 Å². The molecule has 2 heterocycles. The van der Waals surface area contributed by atoms with Crippen LogP contribution in [0.1, 0.15) is 27.7 Å². The van der Waals surface area contributed by atoms with Gasteiger partial charge in [-0.2, -0.15) is 0 Å². The second-order valence-electron chi connectivity index (χ2n) is 8.14. The molecule has 0 unspecified atom stereocenters. The summed E-state index contributed by atoms with van der Waals surface area (Å²) in [5.41, 5.74) is 0.447. The quantitative estimate of drug-likeness (QED) is 0.417. The number of fused-ring (bicyclic) bond motifs is 4. The molecule has 0 bridgehead atoms. The monoisotopic (exact) mass is 360 g/mol. The first-order valence-corrected chi connectivity index (χ1v) is 9.86. The molecule has 4 aromatic rings. The van der Waals surface area contributed by atoms with E-state index >= 15 is 0 Å². The summed E-state index contributed by atoms with van der Waals surface area (Å²) in [6, 6.07) is 19.7. The molecule has 0 amide bonds. The third-order valence-electron chi connectivity index (χ3n) is 5.89. The minimum absolute atomic E-state index is 0.320. The highest BCUT2D eigenvalue weighted by Crippen LogP contribution is 2.38. The van der Waals surface area contributed by atoms with Crippen molar-refractivity contribution in [2.24, 2.45) is 0 Å². The molecule has 1 aliphatic heterocycles. The maximum absolute atomic E-state index is 6.24. The molecule has 26 heavy (non-hydrogen) atoms. The van der Waals surface area contributed by atoms with E-state index in [0.29, 0.717) is 0 Å². The van der Waals surface area contributed by atoms with Crippen LogP contribution in [0, 0.1) is 0 Å². The molecule has 0 N–H and O–H groups in total. The molecule has 1 fully saturated rings. The van der Waals surface area contributed by atoms with Gasteiger partial charge in [-0.1, -0.05) is 36.4 Å². The molecular weight excluding hydrogens is 339 g/mol. The van der Waals surface area contributed by atoms with Gasteiger partial charge in [0.2, 0.25) is 0 Å². The van der Waals surface area contributed by atoms with E-state index in [4.69, 9.17) is 9.31 Å². The molecule has 0 atom stereocenters. The Bertz CT molecular complexity index is 1140. The normalized spacial score (nSPS) is 19.0. The molecule has 0 aliphatic carbocycles. The van der Waals surface area contributed by atoms with Gasteiger partial charge < -0.3 is 9.31 Å². The zero-order valence-electron chi connectivity index (χ0n) is 15.5. The molecule has 130 valence electrons. The van der Waals surface area contributed by atoms with E-state index in [1.54, 1.807) is 0 Å². The van der Waals surface area contributed by atoms with E-state index in [-0.39, 0.29) is 18.3 Å². The first-order valence-electron chi connectivity index (χ1n) is 9.05. The summed E-state index contributed by atoms with van der Waals surface area (Å²) in [6.45, 7) is 8.38. The van der Waals surface area contributed by atoms with Crippen molar-refractivity contribution in [2.75, 3.05) is 0 Å². The molecule has 3 aromatic carbocycles. The molecule has 0 spiro atoms. The van der Waals surface area contributed by atoms with Crippen molar-refractivity contribution in [2.45, 2.75) is 38.9 Å². The van der Waals surface area contributed by atoms with Crippen molar-refractivity contribution in [1.82, 2.24) is 0 Å². The minimum atomic E-state index is -0.320. The first kappa shape index (κ1) is 16.3. The maximum Gasteiger partial charge on any atom is 0.494 e. The SMILES string of the molecule is CC1(C)OB(c2ccc3sc4cc5ccccc5cc4c3c2)OC1(C)C. The Kier molecular flexibility index (Phi) is 3.34. The Morgan fingerprint density at radius 1 is 0.731 bits per heavy atom. The van der Waals surface area contributed by atoms with Gasteiger partial charge in [0.1, 0.15) is 0 Å². The van der Waals surface area contributed by atoms with Crippen LogP contribution in [-0.4, -0.2) is 18.3 Å². The van der Waals surface area contributed by atoms with Crippen LogP contribution >= 0.6 is 11.3 Å². The predicted molar refractivity (Wildman–Crippen MR) is 113 cm³/mol. The van der Waals surface area contributed by atoms with Crippen LogP contribution in [0.25, 0.3) is 30.9 Å². The Labute approximate surface area is 157 Å². The molecule has 5 rings (SSSR count). The summed E-state index contributed by atoms with van der Waals surface area (Å²) in [4.78, 5) is 0. The Morgan fingerprint density at radius 3 is 2.04 bits per heavy atom. The minimum Gasteiger partial charge on any atom is -0.399 e. The first-order chi connectivity index (χ1) is 12.3. The average Bonchev–Trinajstić information content (AvgIpc) is 3.05. The van der Waals surface area contributed by atoms with Gasteiger partial charge in [-0.05, 0) is 67.5 Å². The largest absolute Gasteiger partial charge is 0.494 e. The van der Waals surface area contributed by atoms with E-state index in [1.165, 1.54) is 30.9 Å². The Balaban J connectivity index is 1.67. The Morgan fingerprint density at radius 2 is 1.35 bits per heavy atom. The smallest absolute Gasteiger partial charge is 0.399 e. The lowest BCUT2D eigenvalue weighted by Gasteiger charge is -2.32. The standard InChI is InChI=1S/C22H21BO2S/c1-21(2)22(3,4)25-23(24-21)16-9-10-19-18(13-16)17-11-14-7-5-6-8-15(14)12-20(17)26-19/h5-13H,1-4H3. The predicted octanol–water partition coefficient (Wildman–Crippen LogP) is 5.51. The van der Waals surface area contributed by atoms with Gasteiger partial charge in [0.25, 0.3) is 0 Å². The summed E-state index contributed by atoms with van der Waals surface area (Å²) in [5, 5.41) is 5.16. The highest BCUT2D eigenvalue weighted by molar-refractivity contribution is 7.25. The zero-order chi connectivity index (χ0) is 18.1. The highest BCUT2D eigenvalue weighted by Gasteiger charge is 2.51. The van der Waals surface area contributed by atoms with Crippen LogP contribution in [-0.2, 0) is 9.31 Å². The summed E-state index contributed by atoms with van der Waals surface area (Å²) in [5.74, 6) is 0. The second-order valence-corrected chi connectivity index (χ2v) is 9.23. The summed E-state index contributed by atoms with van der Waals surface area (Å²) >= 11 is 1.85. The lowest BCUT2D eigenvalue weighted by atomic mass is 9.78. The molecule has 1 saturated heterocycles. The molecule has 2 nitrogen and oxygen atoms in total. The molecular formula is C22H21BO2S. The highest BCUT2D eigenvalue weighted by atomic mass is 32.1. The van der Waals surface area contributed by atoms with Crippen LogP contribution in [0.15, 0.2) is 54.6 Å². The molecule has 0 saturated carbocycles. The van der Waals surface area contributed by atoms with Crippen molar-refractivity contribution < 1.29 is 9.31 Å². The molecule has 1 aliphatic rings. The van der Waals surface area contributed by atoms with Crippen LogP contribution < -0.4 is 5.46 Å². The van der Waals surface area contributed by atoms with Gasteiger partial charge in [0, 0.05) is 14.8 Å². The fourth-order valence-corrected chi connectivity index (χ4v) is 4.72. The summed E-state index contributed by atoms with van der Waals surface area (Å²) < 4.78 is 15.1. The fourth-order valence-electron chi connectivity index (χ4n) is 3.61. The number of hydrogen-bond acceptors (Lipinski definition) is 3. The third-order valence-corrected chi connectivity index (χ3v) is 7.02. The van der Waals surface area contributed by atoms with Gasteiger partial charge >= 0.3 is 7.12 Å². The van der Waals surface area contributed by atoms with E-state index in [1.807, 2.05) is 11.3 Å². The van der Waals surface area contributed by atoms with Crippen LogP contribution in [0.4, 0.5) is 0 Å². The lowest BCUT2D eigenvalue weighted by Crippen LogP contribution is -2.41. The van der Waals surface area contributed by atoms with Crippen molar-refractivity contribution in [3.05, 3.63) is 54.6 Å². The molecule has 1 aromatic heterocycles. The van der Waals surface area contributed by atoms with Crippen molar-refractivity contribution in [3.63, 3.8) is 0 Å². The maximum atomic E-state index is 6.24. The van der Waals surface area contributed by atoms with E-state index < -0.39 is 0 Å². The number of rotatable bonds is 1. The van der Waals surface area contributed by atoms with Crippen molar-refractivity contribution >= 4 is 54.9 Å². The van der Waals surface area contributed by atoms with E-state index in [0.717, 1.165) is 5.46 Å². The van der Waals surface area contributed by atoms with Gasteiger partial charge in [-0.3, -0.25) is 0 Å². The van der Waals surface area contributed by atoms with Crippen molar-refractivity contribution in [1.29, 1.82) is 0 Å². The topological polar surface area (TPSA) is 18.5 Å². The summed E-state index contributed by atoms with van der Waals surface area (Å²) in [6.07, 6.45) is 0. The van der Waals surface area contributed by atoms with Gasteiger partial charge in [0.05, 0.1) is 11.2 Å². The van der Waals surface area contributed by atoms with E-state index in [2.05, 4.69) is 82.3 Å². The molecule has 4 heteroatoms. The second kappa shape index (κ2) is 5.32. The van der Waals surface area contributed by atoms with Crippen LogP contribution in [0.2, 0.25) is 0 Å². The number of hydrogen-bond donors (Lipinski definition) is 0. The number of benzene rings is 3. The zero-order valence-corrected chi connectivity index (χ0v) is 16.3. The van der Waals surface area contributed by atoms with E-state index in [9.17, 15) is 0 Å². The third kappa shape index (κ3) is 2.33. The van der Waals surface area contributed by atoms with Crippen LogP contribution in [0.3, 0.4) is 0 Å². The lowest BCUT2D eigenvalue weighted by molar-refractivity contribution is 0.00578. The van der Waals surface area contributed by atoms with Crippen LogP contribution in [0.5, 0.6) is 0 Å². The van der Waals surface area contributed by atoms with Gasteiger partial charge in [-0.25, -0.2) is 0 Å². The van der Waals surface area contributed by atoms with Gasteiger partial charge in [-0.15, -0.1) is 11.3 Å².